The zero-order valence-corrected chi connectivity index (χ0v) is 15.0. The highest BCUT2D eigenvalue weighted by Crippen LogP contribution is 2.31. The first-order chi connectivity index (χ1) is 14.6. The lowest BCUT2D eigenvalue weighted by Crippen LogP contribution is -2.18. The van der Waals surface area contributed by atoms with E-state index >= 15 is 0 Å². The molecule has 2 N–H and O–H groups in total. The number of fused-ring (bicyclic) bond motifs is 6. The van der Waals surface area contributed by atoms with Gasteiger partial charge in [0.05, 0.1) is 0 Å². The lowest BCUT2D eigenvalue weighted by atomic mass is 10.1. The van der Waals surface area contributed by atoms with Gasteiger partial charge in [0.2, 0.25) is 5.69 Å². The number of hydrogen-bond acceptors (Lipinski definition) is 11. The Hall–Kier alpha value is -5.51. The molecular weight excluding hydrogens is 384 g/mol. The normalized spacial score (nSPS) is 10.0. The Labute approximate surface area is 166 Å². The van der Waals surface area contributed by atoms with Crippen molar-refractivity contribution in [2.24, 2.45) is 0 Å². The summed E-state index contributed by atoms with van der Waals surface area (Å²) in [5.41, 5.74) is -0.189. The van der Waals surface area contributed by atoms with Gasteiger partial charge < -0.3 is 5.32 Å². The molecule has 3 heterocycles. The zero-order chi connectivity index (χ0) is 21.4. The summed E-state index contributed by atoms with van der Waals surface area (Å²) in [5.74, 6) is 0.163. The molecule has 136 valence electrons. The summed E-state index contributed by atoms with van der Waals surface area (Å²) in [5, 5.41) is 47.6. The van der Waals surface area contributed by atoms with E-state index < -0.39 is 0 Å². The molecule has 0 spiro atoms. The Morgan fingerprint density at radius 3 is 1.27 bits per heavy atom. The highest BCUT2D eigenvalue weighted by molar-refractivity contribution is 6.18. The minimum atomic E-state index is -0.232. The van der Waals surface area contributed by atoms with E-state index in [-0.39, 0.29) is 67.4 Å². The van der Waals surface area contributed by atoms with Crippen molar-refractivity contribution in [1.29, 1.82) is 21.0 Å². The standard InChI is InChI=1S/C18H4N12/c1-24-18-11(6-23)29-16-14-12(25-7(2-19)8(3-20)27-14)13-15(17(16)30-18)28-10(5-22)9(4-21)26-13/h1H3,(H,24,30)/p+1. The second kappa shape index (κ2) is 6.58. The van der Waals surface area contributed by atoms with Gasteiger partial charge >= 0.3 is 6.07 Å². The average Bonchev–Trinajstić information content (AvgIpc) is 2.81. The molecule has 0 saturated heterocycles. The van der Waals surface area contributed by atoms with Crippen LogP contribution in [-0.4, -0.2) is 37.0 Å². The van der Waals surface area contributed by atoms with E-state index in [2.05, 4.69) is 35.2 Å². The number of rotatable bonds is 1. The van der Waals surface area contributed by atoms with Gasteiger partial charge in [-0.25, -0.2) is 29.9 Å². The molecule has 0 atom stereocenters. The predicted molar refractivity (Wildman–Crippen MR) is 98.1 cm³/mol. The molecule has 0 aliphatic heterocycles. The summed E-state index contributed by atoms with van der Waals surface area (Å²) in [6.45, 7) is 0. The summed E-state index contributed by atoms with van der Waals surface area (Å²) in [4.78, 5) is 25.5. The van der Waals surface area contributed by atoms with Crippen molar-refractivity contribution < 1.29 is 5.26 Å². The molecule has 12 heteroatoms. The first-order valence-electron chi connectivity index (χ1n) is 8.08. The number of nitrogens with zero attached hydrogens (tertiary/aromatic N) is 10. The molecule has 0 radical (unpaired) electrons. The van der Waals surface area contributed by atoms with E-state index in [4.69, 9.17) is 5.26 Å². The van der Waals surface area contributed by atoms with Crippen molar-refractivity contribution in [2.75, 3.05) is 12.4 Å². The van der Waals surface area contributed by atoms with Gasteiger partial charge in [-0.05, 0) is 0 Å². The van der Waals surface area contributed by atoms with E-state index in [1.54, 1.807) is 13.1 Å². The summed E-state index contributed by atoms with van der Waals surface area (Å²) < 4.78 is 0. The Bertz CT molecular complexity index is 1580. The molecule has 0 saturated carbocycles. The molecule has 0 amide bonds. The van der Waals surface area contributed by atoms with Crippen LogP contribution in [0.15, 0.2) is 0 Å². The molecule has 12 nitrogen and oxygen atoms in total. The quantitative estimate of drug-likeness (QED) is 0.383. The van der Waals surface area contributed by atoms with Crippen LogP contribution < -0.4 is 10.6 Å². The van der Waals surface area contributed by atoms with Crippen LogP contribution in [0.5, 0.6) is 0 Å². The van der Waals surface area contributed by atoms with Crippen molar-refractivity contribution in [1.82, 2.24) is 29.9 Å². The van der Waals surface area contributed by atoms with Crippen molar-refractivity contribution in [3.63, 3.8) is 0 Å². The number of aromatic nitrogens is 6. The average molecular weight is 389 g/mol. The van der Waals surface area contributed by atoms with Gasteiger partial charge in [-0.1, -0.05) is 5.26 Å². The number of nitrogens with one attached hydrogen (secondary N) is 2. The molecule has 3 aromatic heterocycles. The molecule has 1 aromatic carbocycles. The van der Waals surface area contributed by atoms with E-state index in [0.29, 0.717) is 0 Å². The fraction of sp³-hybridized carbons (Fsp3) is 0.0556. The monoisotopic (exact) mass is 389 g/mol. The maximum Gasteiger partial charge on any atom is 0.332 e. The first kappa shape index (κ1) is 17.9. The van der Waals surface area contributed by atoms with E-state index in [0.717, 1.165) is 0 Å². The van der Waals surface area contributed by atoms with Gasteiger partial charge in [-0.2, -0.15) is 21.0 Å². The van der Waals surface area contributed by atoms with E-state index in [1.165, 1.54) is 0 Å². The Balaban J connectivity index is 2.40. The van der Waals surface area contributed by atoms with Crippen LogP contribution in [0, 0.1) is 51.4 Å². The minimum Gasteiger partial charge on any atom is -0.371 e. The third-order valence-electron chi connectivity index (χ3n) is 4.14. The molecule has 4 rings (SSSR count). The van der Waals surface area contributed by atoms with Crippen LogP contribution in [0.1, 0.15) is 28.5 Å². The third kappa shape index (κ3) is 2.35. The maximum atomic E-state index is 9.41. The summed E-state index contributed by atoms with van der Waals surface area (Å²) in [6, 6.07) is 9.39. The highest BCUT2D eigenvalue weighted by atomic mass is 15.0. The van der Waals surface area contributed by atoms with Crippen LogP contribution >= 0.6 is 0 Å². The Morgan fingerprint density at radius 2 is 0.900 bits per heavy atom. The van der Waals surface area contributed by atoms with Crippen LogP contribution in [-0.2, 0) is 0 Å². The smallest absolute Gasteiger partial charge is 0.332 e. The zero-order valence-electron chi connectivity index (χ0n) is 15.0. The van der Waals surface area contributed by atoms with Gasteiger partial charge in [0.1, 0.15) is 57.4 Å². The van der Waals surface area contributed by atoms with Crippen molar-refractivity contribution in [3.05, 3.63) is 28.5 Å². The Kier molecular flexibility index (Phi) is 3.92. The van der Waals surface area contributed by atoms with E-state index in [9.17, 15) is 21.0 Å². The molecule has 4 aromatic rings. The lowest BCUT2D eigenvalue weighted by molar-refractivity contribution is -0.0912. The molecule has 0 aliphatic carbocycles. The first-order valence-corrected chi connectivity index (χ1v) is 8.08. The second-order valence-electron chi connectivity index (χ2n) is 5.68. The maximum absolute atomic E-state index is 9.41. The van der Waals surface area contributed by atoms with Gasteiger partial charge in [0, 0.05) is 7.05 Å². The fourth-order valence-electron chi connectivity index (χ4n) is 2.87. The van der Waals surface area contributed by atoms with Gasteiger partial charge in [0.15, 0.2) is 28.6 Å². The molecular formula is C18H5N12+. The summed E-state index contributed by atoms with van der Waals surface area (Å²) in [7, 11) is 1.56. The molecule has 0 fully saturated rings. The van der Waals surface area contributed by atoms with Crippen molar-refractivity contribution in [3.8, 4) is 30.3 Å². The summed E-state index contributed by atoms with van der Waals surface area (Å²) in [6.07, 6.45) is 0. The highest BCUT2D eigenvalue weighted by Gasteiger charge is 2.23. The number of benzene rings is 1. The number of hydrogen-bond donors (Lipinski definition) is 2. The molecule has 0 unspecified atom stereocenters. The van der Waals surface area contributed by atoms with Crippen molar-refractivity contribution >= 4 is 38.9 Å². The lowest BCUT2D eigenvalue weighted by Gasteiger charge is -2.10. The van der Waals surface area contributed by atoms with Gasteiger partial charge in [-0.3, -0.25) is 0 Å². The van der Waals surface area contributed by atoms with Crippen LogP contribution in [0.4, 0.5) is 5.82 Å². The second-order valence-corrected chi connectivity index (χ2v) is 5.68. The molecule has 0 bridgehead atoms. The SMILES string of the molecule is CNc1nc2c3nc(C#N)c(C#N)nc3c3nc(C#N)c(C#[NH+])nc3c2nc1C#N. The molecule has 0 aliphatic rings. The van der Waals surface area contributed by atoms with Gasteiger partial charge in [-0.15, -0.1) is 0 Å². The topological polar surface area (TPSA) is 208 Å². The van der Waals surface area contributed by atoms with Crippen LogP contribution in [0.2, 0.25) is 0 Å². The number of anilines is 1. The van der Waals surface area contributed by atoms with Gasteiger partial charge in [0.25, 0.3) is 0 Å². The predicted octanol–water partition coefficient (Wildman–Crippen LogP) is -0.835. The van der Waals surface area contributed by atoms with Crippen LogP contribution in [0.25, 0.3) is 33.1 Å². The third-order valence-corrected chi connectivity index (χ3v) is 4.14. The summed E-state index contributed by atoms with van der Waals surface area (Å²) >= 11 is 0. The number of nitriles is 4. The Morgan fingerprint density at radius 1 is 0.567 bits per heavy atom. The minimum absolute atomic E-state index is 0.0284. The largest absolute Gasteiger partial charge is 0.371 e. The van der Waals surface area contributed by atoms with Crippen LogP contribution in [0.3, 0.4) is 0 Å². The van der Waals surface area contributed by atoms with E-state index in [1.807, 2.05) is 24.3 Å². The fourth-order valence-corrected chi connectivity index (χ4v) is 2.87. The van der Waals surface area contributed by atoms with Crippen molar-refractivity contribution in [2.45, 2.75) is 0 Å². The molecule has 30 heavy (non-hydrogen) atoms.